The van der Waals surface area contributed by atoms with E-state index in [0.717, 1.165) is 16.7 Å². The number of sulfonamides is 1. The van der Waals surface area contributed by atoms with Crippen LogP contribution in [0.1, 0.15) is 36.5 Å². The molecule has 1 unspecified atom stereocenters. The molecule has 2 N–H and O–H groups in total. The fourth-order valence-corrected chi connectivity index (χ4v) is 5.05. The molecule has 0 fully saturated rings. The molecule has 7 heteroatoms. The molecule has 34 heavy (non-hydrogen) atoms. The summed E-state index contributed by atoms with van der Waals surface area (Å²) in [6, 6.07) is 23.3. The molecule has 0 saturated heterocycles. The molecule has 3 aromatic rings. The number of rotatable bonds is 11. The van der Waals surface area contributed by atoms with Crippen LogP contribution < -0.4 is 14.8 Å². The minimum absolute atomic E-state index is 0.0244. The molecule has 0 bridgehead atoms. The SMILES string of the molecule is COc1ccc(C(C)C)cc1S(=O)(=O)NC(Cc1ccccc1)C(=O)NCCc1ccccc1. The van der Waals surface area contributed by atoms with Crippen molar-refractivity contribution in [1.82, 2.24) is 10.0 Å². The van der Waals surface area contributed by atoms with E-state index in [2.05, 4.69) is 10.0 Å². The molecular weight excluding hydrogens is 448 g/mol. The molecule has 0 aromatic heterocycles. The largest absolute Gasteiger partial charge is 0.495 e. The second-order valence-corrected chi connectivity index (χ2v) is 10.1. The Morgan fingerprint density at radius 3 is 2.12 bits per heavy atom. The van der Waals surface area contributed by atoms with Crippen molar-refractivity contribution in [2.45, 2.75) is 43.5 Å². The van der Waals surface area contributed by atoms with E-state index in [9.17, 15) is 13.2 Å². The van der Waals surface area contributed by atoms with Gasteiger partial charge in [-0.1, -0.05) is 80.6 Å². The average Bonchev–Trinajstić information content (AvgIpc) is 2.84. The van der Waals surface area contributed by atoms with Crippen LogP contribution in [0, 0.1) is 0 Å². The lowest BCUT2D eigenvalue weighted by molar-refractivity contribution is -0.122. The van der Waals surface area contributed by atoms with Crippen molar-refractivity contribution in [3.8, 4) is 5.75 Å². The van der Waals surface area contributed by atoms with Gasteiger partial charge in [-0.25, -0.2) is 8.42 Å². The molecule has 0 aliphatic rings. The Labute approximate surface area is 202 Å². The van der Waals surface area contributed by atoms with Crippen molar-refractivity contribution in [3.63, 3.8) is 0 Å². The highest BCUT2D eigenvalue weighted by Crippen LogP contribution is 2.28. The van der Waals surface area contributed by atoms with Crippen LogP contribution >= 0.6 is 0 Å². The van der Waals surface area contributed by atoms with Crippen molar-refractivity contribution in [3.05, 3.63) is 95.6 Å². The quantitative estimate of drug-likeness (QED) is 0.433. The first-order valence-electron chi connectivity index (χ1n) is 11.4. The van der Waals surface area contributed by atoms with Gasteiger partial charge in [-0.2, -0.15) is 4.72 Å². The number of carbonyl (C=O) groups excluding carboxylic acids is 1. The van der Waals surface area contributed by atoms with E-state index in [0.29, 0.717) is 13.0 Å². The Balaban J connectivity index is 1.82. The summed E-state index contributed by atoms with van der Waals surface area (Å²) in [7, 11) is -2.60. The number of hydrogen-bond donors (Lipinski definition) is 2. The second-order valence-electron chi connectivity index (χ2n) is 8.46. The summed E-state index contributed by atoms with van der Waals surface area (Å²) in [5.74, 6) is 0.00319. The maximum atomic E-state index is 13.4. The Bertz CT molecular complexity index is 1180. The van der Waals surface area contributed by atoms with E-state index in [1.54, 1.807) is 12.1 Å². The van der Waals surface area contributed by atoms with Crippen molar-refractivity contribution in [2.75, 3.05) is 13.7 Å². The Morgan fingerprint density at radius 2 is 1.53 bits per heavy atom. The maximum absolute atomic E-state index is 13.4. The van der Waals surface area contributed by atoms with Gasteiger partial charge in [0.2, 0.25) is 15.9 Å². The Kier molecular flexibility index (Phi) is 8.85. The van der Waals surface area contributed by atoms with Crippen LogP contribution in [-0.4, -0.2) is 34.0 Å². The number of carbonyl (C=O) groups is 1. The smallest absolute Gasteiger partial charge is 0.245 e. The highest BCUT2D eigenvalue weighted by Gasteiger charge is 2.28. The lowest BCUT2D eigenvalue weighted by Gasteiger charge is -2.20. The van der Waals surface area contributed by atoms with Gasteiger partial charge >= 0.3 is 0 Å². The highest BCUT2D eigenvalue weighted by atomic mass is 32.2. The molecular formula is C27H32N2O4S. The summed E-state index contributed by atoms with van der Waals surface area (Å²) in [5, 5.41) is 2.89. The third kappa shape index (κ3) is 6.92. The highest BCUT2D eigenvalue weighted by molar-refractivity contribution is 7.89. The normalized spacial score (nSPS) is 12.4. The first-order valence-corrected chi connectivity index (χ1v) is 12.8. The average molecular weight is 481 g/mol. The number of methoxy groups -OCH3 is 1. The van der Waals surface area contributed by atoms with Crippen LogP contribution in [-0.2, 0) is 27.7 Å². The molecule has 0 heterocycles. The molecule has 6 nitrogen and oxygen atoms in total. The third-order valence-corrected chi connectivity index (χ3v) is 7.09. The number of nitrogens with one attached hydrogen (secondary N) is 2. The van der Waals surface area contributed by atoms with Crippen LogP contribution in [0.5, 0.6) is 5.75 Å². The van der Waals surface area contributed by atoms with Gasteiger partial charge in [0.25, 0.3) is 0 Å². The fraction of sp³-hybridized carbons (Fsp3) is 0.296. The number of benzene rings is 3. The fourth-order valence-electron chi connectivity index (χ4n) is 3.65. The summed E-state index contributed by atoms with van der Waals surface area (Å²) >= 11 is 0. The monoisotopic (exact) mass is 480 g/mol. The van der Waals surface area contributed by atoms with Crippen LogP contribution in [0.4, 0.5) is 0 Å². The van der Waals surface area contributed by atoms with Crippen LogP contribution in [0.2, 0.25) is 0 Å². The van der Waals surface area contributed by atoms with E-state index >= 15 is 0 Å². The summed E-state index contributed by atoms with van der Waals surface area (Å²) in [6.45, 7) is 4.38. The van der Waals surface area contributed by atoms with Gasteiger partial charge in [-0.15, -0.1) is 0 Å². The van der Waals surface area contributed by atoms with E-state index < -0.39 is 16.1 Å². The first kappa shape index (κ1) is 25.5. The van der Waals surface area contributed by atoms with E-state index in [-0.39, 0.29) is 28.9 Å². The summed E-state index contributed by atoms with van der Waals surface area (Å²) in [6.07, 6.45) is 0.880. The summed E-state index contributed by atoms with van der Waals surface area (Å²) in [4.78, 5) is 13.1. The zero-order valence-corrected chi connectivity index (χ0v) is 20.6. The summed E-state index contributed by atoms with van der Waals surface area (Å²) in [5.41, 5.74) is 2.82. The standard InChI is InChI=1S/C27H32N2O4S/c1-20(2)23-14-15-25(33-3)26(19-23)34(31,32)29-24(18-22-12-8-5-9-13-22)27(30)28-17-16-21-10-6-4-7-11-21/h4-15,19-20,24,29H,16-18H2,1-3H3,(H,28,30). The molecule has 0 saturated carbocycles. The molecule has 1 atom stereocenters. The van der Waals surface area contributed by atoms with Gasteiger partial charge < -0.3 is 10.1 Å². The molecule has 0 radical (unpaired) electrons. The molecule has 3 rings (SSSR count). The minimum atomic E-state index is -4.04. The van der Waals surface area contributed by atoms with E-state index in [1.807, 2.05) is 80.6 Å². The zero-order valence-electron chi connectivity index (χ0n) is 19.8. The molecule has 180 valence electrons. The van der Waals surface area contributed by atoms with Crippen LogP contribution in [0.3, 0.4) is 0 Å². The molecule has 0 aliphatic carbocycles. The minimum Gasteiger partial charge on any atom is -0.495 e. The van der Waals surface area contributed by atoms with Gasteiger partial charge in [0.15, 0.2) is 0 Å². The third-order valence-electron chi connectivity index (χ3n) is 5.60. The van der Waals surface area contributed by atoms with E-state index in [1.165, 1.54) is 7.11 Å². The van der Waals surface area contributed by atoms with Gasteiger partial charge in [0, 0.05) is 6.54 Å². The van der Waals surface area contributed by atoms with Crippen LogP contribution in [0.15, 0.2) is 83.8 Å². The second kappa shape index (κ2) is 11.8. The molecule has 0 spiro atoms. The van der Waals surface area contributed by atoms with Gasteiger partial charge in [-0.3, -0.25) is 4.79 Å². The zero-order chi connectivity index (χ0) is 24.6. The van der Waals surface area contributed by atoms with Crippen molar-refractivity contribution >= 4 is 15.9 Å². The summed E-state index contributed by atoms with van der Waals surface area (Å²) < 4.78 is 34.8. The first-order chi connectivity index (χ1) is 16.3. The maximum Gasteiger partial charge on any atom is 0.245 e. The predicted molar refractivity (Wildman–Crippen MR) is 134 cm³/mol. The number of amides is 1. The van der Waals surface area contributed by atoms with Crippen molar-refractivity contribution in [2.24, 2.45) is 0 Å². The van der Waals surface area contributed by atoms with Crippen molar-refractivity contribution < 1.29 is 17.9 Å². The van der Waals surface area contributed by atoms with Gasteiger partial charge in [0.1, 0.15) is 16.7 Å². The van der Waals surface area contributed by atoms with Crippen molar-refractivity contribution in [1.29, 1.82) is 0 Å². The molecule has 3 aromatic carbocycles. The topological polar surface area (TPSA) is 84.5 Å². The molecule has 0 aliphatic heterocycles. The number of ether oxygens (including phenoxy) is 1. The number of hydrogen-bond acceptors (Lipinski definition) is 4. The lowest BCUT2D eigenvalue weighted by atomic mass is 10.0. The Hall–Kier alpha value is -3.16. The predicted octanol–water partition coefficient (Wildman–Crippen LogP) is 4.07. The van der Waals surface area contributed by atoms with Gasteiger partial charge in [0.05, 0.1) is 7.11 Å². The Morgan fingerprint density at radius 1 is 0.912 bits per heavy atom. The lowest BCUT2D eigenvalue weighted by Crippen LogP contribution is -2.48. The van der Waals surface area contributed by atoms with Crippen LogP contribution in [0.25, 0.3) is 0 Å². The molecule has 1 amide bonds. The van der Waals surface area contributed by atoms with E-state index in [4.69, 9.17) is 4.74 Å². The van der Waals surface area contributed by atoms with Gasteiger partial charge in [-0.05, 0) is 47.6 Å².